The van der Waals surface area contributed by atoms with Crippen LogP contribution in [0.3, 0.4) is 0 Å². The van der Waals surface area contributed by atoms with Crippen molar-refractivity contribution >= 4 is 17.6 Å². The van der Waals surface area contributed by atoms with Crippen molar-refractivity contribution in [1.82, 2.24) is 0 Å². The van der Waals surface area contributed by atoms with Crippen molar-refractivity contribution in [2.45, 2.75) is 6.42 Å². The van der Waals surface area contributed by atoms with Gasteiger partial charge in [-0.15, -0.1) is 0 Å². The lowest BCUT2D eigenvalue weighted by molar-refractivity contribution is -0.119. The highest BCUT2D eigenvalue weighted by atomic mass is 16.5. The predicted octanol–water partition coefficient (Wildman–Crippen LogP) is 1.37. The molecule has 1 heterocycles. The molecule has 0 bridgehead atoms. The Kier molecular flexibility index (Phi) is 4.01. The van der Waals surface area contributed by atoms with Gasteiger partial charge in [0.1, 0.15) is 5.75 Å². The fourth-order valence-corrected chi connectivity index (χ4v) is 1.92. The first-order chi connectivity index (χ1) is 9.11. The summed E-state index contributed by atoms with van der Waals surface area (Å²) in [5, 5.41) is 11.7. The van der Waals surface area contributed by atoms with Crippen LogP contribution < -0.4 is 10.1 Å². The average molecular weight is 265 g/mol. The van der Waals surface area contributed by atoms with E-state index in [1.165, 1.54) is 25.3 Å². The molecule has 2 rings (SSSR count). The molecule has 1 aromatic rings. The average Bonchev–Trinajstić information content (AvgIpc) is 2.92. The minimum atomic E-state index is -1.10. The van der Waals surface area contributed by atoms with Gasteiger partial charge in [-0.3, -0.25) is 4.79 Å². The molecule has 1 atom stereocenters. The Bertz CT molecular complexity index is 494. The third-order valence-electron chi connectivity index (χ3n) is 3.02. The summed E-state index contributed by atoms with van der Waals surface area (Å²) in [7, 11) is 1.48. The van der Waals surface area contributed by atoms with Crippen molar-refractivity contribution in [1.29, 1.82) is 0 Å². The molecule has 6 nitrogen and oxygen atoms in total. The van der Waals surface area contributed by atoms with E-state index < -0.39 is 5.97 Å². The molecular weight excluding hydrogens is 250 g/mol. The molecule has 1 unspecified atom stereocenters. The quantitative estimate of drug-likeness (QED) is 0.858. The van der Waals surface area contributed by atoms with E-state index in [-0.39, 0.29) is 23.1 Å². The Morgan fingerprint density at radius 1 is 1.47 bits per heavy atom. The lowest BCUT2D eigenvalue weighted by Crippen LogP contribution is -2.24. The molecule has 1 amide bonds. The zero-order valence-corrected chi connectivity index (χ0v) is 10.5. The summed E-state index contributed by atoms with van der Waals surface area (Å²) >= 11 is 0. The minimum Gasteiger partial charge on any atom is -0.497 e. The van der Waals surface area contributed by atoms with Crippen LogP contribution in [0.2, 0.25) is 0 Å². The summed E-state index contributed by atoms with van der Waals surface area (Å²) in [4.78, 5) is 23.1. The van der Waals surface area contributed by atoms with Crippen LogP contribution in [0.15, 0.2) is 18.2 Å². The molecule has 1 aliphatic heterocycles. The molecule has 0 radical (unpaired) electrons. The molecule has 6 heteroatoms. The number of carboxylic acid groups (broad SMARTS) is 1. The van der Waals surface area contributed by atoms with Gasteiger partial charge in [0.05, 0.1) is 30.9 Å². The maximum Gasteiger partial charge on any atom is 0.337 e. The van der Waals surface area contributed by atoms with Gasteiger partial charge in [-0.1, -0.05) is 0 Å². The smallest absolute Gasteiger partial charge is 0.337 e. The molecule has 1 saturated heterocycles. The summed E-state index contributed by atoms with van der Waals surface area (Å²) < 4.78 is 10.2. The van der Waals surface area contributed by atoms with E-state index in [2.05, 4.69) is 5.32 Å². The number of aromatic carboxylic acids is 1. The number of carboxylic acids is 1. The SMILES string of the molecule is COc1ccc(C(=O)O)c(NC(=O)C2CCOC2)c1. The zero-order chi connectivity index (χ0) is 13.8. The molecule has 1 aliphatic rings. The lowest BCUT2D eigenvalue weighted by atomic mass is 10.1. The van der Waals surface area contributed by atoms with Crippen molar-refractivity contribution < 1.29 is 24.2 Å². The second kappa shape index (κ2) is 5.71. The van der Waals surface area contributed by atoms with Gasteiger partial charge in [0, 0.05) is 12.7 Å². The van der Waals surface area contributed by atoms with E-state index in [0.717, 1.165) is 0 Å². The monoisotopic (exact) mass is 265 g/mol. The van der Waals surface area contributed by atoms with E-state index in [1.54, 1.807) is 0 Å². The summed E-state index contributed by atoms with van der Waals surface area (Å²) in [5.74, 6) is -1.07. The van der Waals surface area contributed by atoms with Crippen LogP contribution in [0, 0.1) is 5.92 Å². The Labute approximate surface area is 110 Å². The first-order valence-corrected chi connectivity index (χ1v) is 5.91. The number of benzene rings is 1. The molecule has 2 N–H and O–H groups in total. The van der Waals surface area contributed by atoms with Crippen LogP contribution in [0.25, 0.3) is 0 Å². The molecule has 0 spiro atoms. The zero-order valence-electron chi connectivity index (χ0n) is 10.5. The molecule has 0 aromatic heterocycles. The van der Waals surface area contributed by atoms with E-state index in [9.17, 15) is 9.59 Å². The van der Waals surface area contributed by atoms with Crippen molar-refractivity contribution in [3.8, 4) is 5.75 Å². The highest BCUT2D eigenvalue weighted by molar-refractivity contribution is 6.01. The van der Waals surface area contributed by atoms with Crippen LogP contribution in [-0.2, 0) is 9.53 Å². The van der Waals surface area contributed by atoms with Crippen LogP contribution in [-0.4, -0.2) is 37.3 Å². The van der Waals surface area contributed by atoms with Gasteiger partial charge in [-0.05, 0) is 18.6 Å². The Morgan fingerprint density at radius 3 is 2.84 bits per heavy atom. The standard InChI is InChI=1S/C13H15NO5/c1-18-9-2-3-10(13(16)17)11(6-9)14-12(15)8-4-5-19-7-8/h2-3,6,8H,4-5,7H2,1H3,(H,14,15)(H,16,17). The highest BCUT2D eigenvalue weighted by Crippen LogP contribution is 2.24. The number of carbonyl (C=O) groups is 2. The summed E-state index contributed by atoms with van der Waals surface area (Å²) in [6.07, 6.45) is 0.651. The Morgan fingerprint density at radius 2 is 2.26 bits per heavy atom. The van der Waals surface area contributed by atoms with Gasteiger partial charge in [-0.25, -0.2) is 4.79 Å². The molecule has 102 valence electrons. The van der Waals surface area contributed by atoms with E-state index in [4.69, 9.17) is 14.6 Å². The largest absolute Gasteiger partial charge is 0.497 e. The number of hydrogen-bond acceptors (Lipinski definition) is 4. The van der Waals surface area contributed by atoms with Crippen LogP contribution >= 0.6 is 0 Å². The number of hydrogen-bond donors (Lipinski definition) is 2. The molecular formula is C13H15NO5. The Hall–Kier alpha value is -2.08. The number of anilines is 1. The van der Waals surface area contributed by atoms with Gasteiger partial charge in [0.15, 0.2) is 0 Å². The number of methoxy groups -OCH3 is 1. The number of carbonyl (C=O) groups excluding carboxylic acids is 1. The molecule has 1 fully saturated rings. The van der Waals surface area contributed by atoms with Gasteiger partial charge in [0.2, 0.25) is 5.91 Å². The normalized spacial score (nSPS) is 18.1. The van der Waals surface area contributed by atoms with E-state index >= 15 is 0 Å². The van der Waals surface area contributed by atoms with E-state index in [0.29, 0.717) is 25.4 Å². The van der Waals surface area contributed by atoms with Crippen molar-refractivity contribution in [2.24, 2.45) is 5.92 Å². The van der Waals surface area contributed by atoms with Gasteiger partial charge in [-0.2, -0.15) is 0 Å². The molecule has 0 aliphatic carbocycles. The summed E-state index contributed by atoms with van der Waals surface area (Å²) in [5.41, 5.74) is 0.275. The van der Waals surface area contributed by atoms with Gasteiger partial charge in [0.25, 0.3) is 0 Å². The summed E-state index contributed by atoms with van der Waals surface area (Å²) in [6, 6.07) is 4.44. The van der Waals surface area contributed by atoms with Gasteiger partial charge < -0.3 is 19.9 Å². The first-order valence-electron chi connectivity index (χ1n) is 5.91. The van der Waals surface area contributed by atoms with Crippen molar-refractivity contribution in [3.05, 3.63) is 23.8 Å². The highest BCUT2D eigenvalue weighted by Gasteiger charge is 2.24. The predicted molar refractivity (Wildman–Crippen MR) is 67.5 cm³/mol. The maximum absolute atomic E-state index is 12.0. The molecule has 1 aromatic carbocycles. The number of ether oxygens (including phenoxy) is 2. The van der Waals surface area contributed by atoms with E-state index in [1.807, 2.05) is 0 Å². The lowest BCUT2D eigenvalue weighted by Gasteiger charge is -2.12. The van der Waals surface area contributed by atoms with Gasteiger partial charge >= 0.3 is 5.97 Å². The topological polar surface area (TPSA) is 84.9 Å². The Balaban J connectivity index is 2.21. The maximum atomic E-state index is 12.0. The minimum absolute atomic E-state index is 0.0352. The van der Waals surface area contributed by atoms with Crippen molar-refractivity contribution in [2.75, 3.05) is 25.6 Å². The summed E-state index contributed by atoms with van der Waals surface area (Å²) in [6.45, 7) is 0.931. The van der Waals surface area contributed by atoms with Crippen LogP contribution in [0.5, 0.6) is 5.75 Å². The second-order valence-corrected chi connectivity index (χ2v) is 4.27. The molecule has 19 heavy (non-hydrogen) atoms. The number of rotatable bonds is 4. The third kappa shape index (κ3) is 3.03. The van der Waals surface area contributed by atoms with Crippen LogP contribution in [0.4, 0.5) is 5.69 Å². The fraction of sp³-hybridized carbons (Fsp3) is 0.385. The molecule has 0 saturated carbocycles. The number of nitrogens with one attached hydrogen (secondary N) is 1. The third-order valence-corrected chi connectivity index (χ3v) is 3.02. The second-order valence-electron chi connectivity index (χ2n) is 4.27. The fourth-order valence-electron chi connectivity index (χ4n) is 1.92. The first kappa shape index (κ1) is 13.4. The number of amides is 1. The van der Waals surface area contributed by atoms with Crippen LogP contribution in [0.1, 0.15) is 16.8 Å². The van der Waals surface area contributed by atoms with Crippen molar-refractivity contribution in [3.63, 3.8) is 0 Å².